The molecule has 1 aromatic heterocycles. The van der Waals surface area contributed by atoms with Crippen molar-refractivity contribution in [2.24, 2.45) is 5.11 Å². The number of H-pyrrole nitrogens is 1. The fraction of sp³-hybridized carbons (Fsp3) is 0.333. The molecule has 2 aromatic rings. The van der Waals surface area contributed by atoms with Crippen molar-refractivity contribution in [2.45, 2.75) is 44.7 Å². The molecule has 8 heteroatoms. The molecule has 152 valence electrons. The van der Waals surface area contributed by atoms with Crippen molar-refractivity contribution < 1.29 is 0 Å². The zero-order valence-corrected chi connectivity index (χ0v) is 16.3. The zero-order chi connectivity index (χ0) is 20.5. The van der Waals surface area contributed by atoms with E-state index in [1.807, 2.05) is 30.3 Å². The average molecular weight is 393 g/mol. The molecule has 0 bridgehead atoms. The first-order chi connectivity index (χ1) is 14.2. The minimum absolute atomic E-state index is 0.0658. The van der Waals surface area contributed by atoms with Gasteiger partial charge in [-0.2, -0.15) is 5.11 Å². The summed E-state index contributed by atoms with van der Waals surface area (Å²) in [5.74, 6) is 0.0658. The van der Waals surface area contributed by atoms with Crippen molar-refractivity contribution in [1.82, 2.24) is 10.3 Å². The highest BCUT2D eigenvalue weighted by Gasteiger charge is 2.18. The highest BCUT2D eigenvalue weighted by Crippen LogP contribution is 2.23. The number of hydrogen-bond acceptors (Lipinski definition) is 6. The Labute approximate surface area is 169 Å². The van der Waals surface area contributed by atoms with E-state index in [-0.39, 0.29) is 11.4 Å². The maximum absolute atomic E-state index is 12.4. The second kappa shape index (κ2) is 10.2. The van der Waals surface area contributed by atoms with Crippen LogP contribution in [-0.2, 0) is 6.54 Å². The number of rotatable bonds is 8. The molecule has 3 rings (SSSR count). The zero-order valence-electron chi connectivity index (χ0n) is 16.3. The summed E-state index contributed by atoms with van der Waals surface area (Å²) < 4.78 is 0. The van der Waals surface area contributed by atoms with E-state index in [2.05, 4.69) is 26.0 Å². The molecule has 0 amide bonds. The number of nitrogens with one attached hydrogen (secondary N) is 6. The Morgan fingerprint density at radius 2 is 1.93 bits per heavy atom. The van der Waals surface area contributed by atoms with E-state index in [0.29, 0.717) is 23.8 Å². The van der Waals surface area contributed by atoms with Crippen LogP contribution in [0.4, 0.5) is 11.4 Å². The monoisotopic (exact) mass is 393 g/mol. The third kappa shape index (κ3) is 5.78. The molecule has 1 fully saturated rings. The standard InChI is InChI=1S/C21H27N7O/c22-20(28-17-8-6-15(7-9-17)14-24-12-13-26-23)19-18(10-11-25-21(19)29)27-16-4-2-1-3-5-16/h6-13,16,23-24H,1-5,14H2,(H2,22,28)(H2,25,27,29)/b13-12-,26-23?. The summed E-state index contributed by atoms with van der Waals surface area (Å²) in [4.78, 5) is 15.1. The van der Waals surface area contributed by atoms with Crippen molar-refractivity contribution in [2.75, 3.05) is 10.6 Å². The molecule has 1 saturated carbocycles. The number of benzene rings is 1. The summed E-state index contributed by atoms with van der Waals surface area (Å²) in [6.45, 7) is 0.609. The van der Waals surface area contributed by atoms with Crippen LogP contribution in [-0.4, -0.2) is 16.9 Å². The smallest absolute Gasteiger partial charge is 0.261 e. The van der Waals surface area contributed by atoms with Gasteiger partial charge in [0.25, 0.3) is 5.56 Å². The van der Waals surface area contributed by atoms with Gasteiger partial charge < -0.3 is 20.9 Å². The predicted octanol–water partition coefficient (Wildman–Crippen LogP) is 4.15. The van der Waals surface area contributed by atoms with Crippen molar-refractivity contribution in [3.05, 3.63) is 70.4 Å². The third-order valence-corrected chi connectivity index (χ3v) is 4.97. The van der Waals surface area contributed by atoms with Crippen LogP contribution < -0.4 is 21.5 Å². The Bertz CT molecular complexity index is 911. The Morgan fingerprint density at radius 3 is 2.66 bits per heavy atom. The molecule has 1 heterocycles. The summed E-state index contributed by atoms with van der Waals surface area (Å²) in [6.07, 6.45) is 10.4. The lowest BCUT2D eigenvalue weighted by molar-refractivity contribution is 0.462. The summed E-state index contributed by atoms with van der Waals surface area (Å²) >= 11 is 0. The first-order valence-corrected chi connectivity index (χ1v) is 9.85. The lowest BCUT2D eigenvalue weighted by Gasteiger charge is -2.25. The van der Waals surface area contributed by atoms with Gasteiger partial charge >= 0.3 is 0 Å². The number of hydrogen-bond donors (Lipinski definition) is 6. The fourth-order valence-corrected chi connectivity index (χ4v) is 3.49. The first kappa shape index (κ1) is 20.3. The number of pyridine rings is 1. The molecule has 29 heavy (non-hydrogen) atoms. The van der Waals surface area contributed by atoms with Crippen LogP contribution in [0.5, 0.6) is 0 Å². The molecule has 6 N–H and O–H groups in total. The van der Waals surface area contributed by atoms with E-state index >= 15 is 0 Å². The predicted molar refractivity (Wildman–Crippen MR) is 116 cm³/mol. The van der Waals surface area contributed by atoms with Crippen LogP contribution in [0.1, 0.15) is 43.2 Å². The molecule has 0 atom stereocenters. The van der Waals surface area contributed by atoms with Crippen LogP contribution in [0.15, 0.2) is 58.8 Å². The summed E-state index contributed by atoms with van der Waals surface area (Å²) in [5, 5.41) is 21.1. The Kier molecular flexibility index (Phi) is 7.16. The van der Waals surface area contributed by atoms with Gasteiger partial charge in [-0.15, -0.1) is 0 Å². The van der Waals surface area contributed by atoms with Gasteiger partial charge in [0.2, 0.25) is 0 Å². The second-order valence-corrected chi connectivity index (χ2v) is 7.10. The van der Waals surface area contributed by atoms with Crippen LogP contribution in [0.25, 0.3) is 0 Å². The lowest BCUT2D eigenvalue weighted by atomic mass is 9.95. The average Bonchev–Trinajstić information content (AvgIpc) is 2.73. The first-order valence-electron chi connectivity index (χ1n) is 9.85. The largest absolute Gasteiger partial charge is 0.386 e. The van der Waals surface area contributed by atoms with Crippen LogP contribution >= 0.6 is 0 Å². The lowest BCUT2D eigenvalue weighted by Crippen LogP contribution is -2.29. The minimum atomic E-state index is -0.282. The molecule has 1 aliphatic carbocycles. The van der Waals surface area contributed by atoms with Gasteiger partial charge in [0.1, 0.15) is 11.4 Å². The van der Waals surface area contributed by atoms with Crippen LogP contribution in [0.3, 0.4) is 0 Å². The topological polar surface area (TPSA) is 129 Å². The van der Waals surface area contributed by atoms with Gasteiger partial charge in [-0.05, 0) is 36.6 Å². The maximum Gasteiger partial charge on any atom is 0.261 e. The van der Waals surface area contributed by atoms with E-state index in [0.717, 1.165) is 24.1 Å². The number of amidine groups is 1. The van der Waals surface area contributed by atoms with Gasteiger partial charge in [-0.1, -0.05) is 31.4 Å². The minimum Gasteiger partial charge on any atom is -0.386 e. The SMILES string of the molecule is N=N/C=C\NCc1ccc(NC(=N)c2c(NC3CCCCC3)cc[nH]c2=O)cc1. The molecular weight excluding hydrogens is 366 g/mol. The molecule has 8 nitrogen and oxygen atoms in total. The van der Waals surface area contributed by atoms with E-state index < -0.39 is 0 Å². The van der Waals surface area contributed by atoms with E-state index in [1.54, 1.807) is 12.4 Å². The van der Waals surface area contributed by atoms with Gasteiger partial charge in [0, 0.05) is 30.7 Å². The van der Waals surface area contributed by atoms with Gasteiger partial charge in [-0.25, -0.2) is 5.53 Å². The Balaban J connectivity index is 1.67. The molecule has 0 unspecified atom stereocenters. The Morgan fingerprint density at radius 1 is 1.17 bits per heavy atom. The molecule has 0 aliphatic heterocycles. The highest BCUT2D eigenvalue weighted by molar-refractivity contribution is 6.09. The summed E-state index contributed by atoms with van der Waals surface area (Å²) in [7, 11) is 0. The molecular formula is C21H27N7O. The van der Waals surface area contributed by atoms with Crippen molar-refractivity contribution >= 4 is 17.2 Å². The number of aromatic nitrogens is 1. The normalized spacial score (nSPS) is 14.5. The van der Waals surface area contributed by atoms with E-state index in [1.165, 1.54) is 25.5 Å². The van der Waals surface area contributed by atoms with Crippen LogP contribution in [0, 0.1) is 10.9 Å². The van der Waals surface area contributed by atoms with Gasteiger partial charge in [0.05, 0.1) is 11.9 Å². The quantitative estimate of drug-likeness (QED) is 0.229. The van der Waals surface area contributed by atoms with E-state index in [4.69, 9.17) is 10.9 Å². The highest BCUT2D eigenvalue weighted by atomic mass is 16.1. The second-order valence-electron chi connectivity index (χ2n) is 7.10. The van der Waals surface area contributed by atoms with Crippen molar-refractivity contribution in [3.63, 3.8) is 0 Å². The molecule has 0 radical (unpaired) electrons. The van der Waals surface area contributed by atoms with Gasteiger partial charge in [-0.3, -0.25) is 10.2 Å². The van der Waals surface area contributed by atoms with Crippen molar-refractivity contribution in [1.29, 1.82) is 10.9 Å². The maximum atomic E-state index is 12.4. The fourth-order valence-electron chi connectivity index (χ4n) is 3.49. The summed E-state index contributed by atoms with van der Waals surface area (Å²) in [6, 6.07) is 9.79. The molecule has 1 aliphatic rings. The Hall–Kier alpha value is -3.42. The number of nitrogens with zero attached hydrogens (tertiary/aromatic N) is 1. The number of anilines is 2. The molecule has 0 spiro atoms. The third-order valence-electron chi connectivity index (χ3n) is 4.97. The summed E-state index contributed by atoms with van der Waals surface area (Å²) in [5.41, 5.74) is 9.23. The van der Waals surface area contributed by atoms with Crippen molar-refractivity contribution in [3.8, 4) is 0 Å². The van der Waals surface area contributed by atoms with E-state index in [9.17, 15) is 4.79 Å². The molecule has 0 saturated heterocycles. The van der Waals surface area contributed by atoms with Gasteiger partial charge in [0.15, 0.2) is 0 Å². The molecule has 1 aromatic carbocycles. The van der Waals surface area contributed by atoms with Crippen LogP contribution in [0.2, 0.25) is 0 Å². The number of aromatic amines is 1.